The fourth-order valence-corrected chi connectivity index (χ4v) is 3.63. The molecule has 2 rings (SSSR count). The number of rotatable bonds is 15. The maximum absolute atomic E-state index is 7.61. The molecule has 0 spiro atoms. The molecule has 0 heterocycles. The van der Waals surface area contributed by atoms with Crippen molar-refractivity contribution in [1.29, 1.82) is 0 Å². The van der Waals surface area contributed by atoms with Crippen LogP contribution >= 0.6 is 0 Å². The van der Waals surface area contributed by atoms with Crippen molar-refractivity contribution >= 4 is 12.2 Å². The van der Waals surface area contributed by atoms with E-state index in [4.69, 9.17) is 22.6 Å². The Bertz CT molecular complexity index is 965. The van der Waals surface area contributed by atoms with Crippen LogP contribution in [-0.2, 0) is 0 Å². The predicted molar refractivity (Wildman–Crippen MR) is 149 cm³/mol. The van der Waals surface area contributed by atoms with E-state index < -0.39 is 0 Å². The number of nitrogens with zero attached hydrogens (tertiary/aromatic N) is 4. The molecule has 0 N–H and O–H groups in total. The summed E-state index contributed by atoms with van der Waals surface area (Å²) in [5.74, 6) is 1.59. The van der Waals surface area contributed by atoms with Crippen molar-refractivity contribution < 1.29 is 9.47 Å². The van der Waals surface area contributed by atoms with Gasteiger partial charge in [0.05, 0.1) is 13.1 Å². The fourth-order valence-electron chi connectivity index (χ4n) is 3.63. The topological polar surface area (TPSA) is 33.7 Å². The molecule has 0 radical (unpaired) electrons. The summed E-state index contributed by atoms with van der Waals surface area (Å²) in [5.41, 5.74) is 2.31. The summed E-state index contributed by atoms with van der Waals surface area (Å²) in [6.45, 7) is 30.9. The molecule has 6 nitrogen and oxygen atoms in total. The minimum Gasteiger partial charge on any atom is -0.492 e. The molecule has 0 fully saturated rings. The van der Waals surface area contributed by atoms with Crippen molar-refractivity contribution in [2.24, 2.45) is 0 Å². The highest BCUT2D eigenvalue weighted by atomic mass is 16.5. The monoisotopic (exact) mass is 486 g/mol. The molecule has 36 heavy (non-hydrogen) atoms. The lowest BCUT2D eigenvalue weighted by atomic mass is 10.1. The maximum Gasteiger partial charge on any atom is 0.195 e. The standard InChI is InChI=1S/C30H38N4O2/c1-7-33(8-2)19-21-35-27-15-11-25(12-16-27)23-29(31-5)30(32-6)24-26-13-17-28(18-14-26)36-22-20-34(9-3)10-4/h11-18,23-24H,7-10,19-22H2,1-4H3/b29-23-,30-24-. The SMILES string of the molecule is [C-]#[N+]C(=C\c1ccc(OCCN(CC)CC)cc1)/C(=C/c1ccc(OCCN(CC)CC)cc1)[N+]#[C-]. The lowest BCUT2D eigenvalue weighted by Crippen LogP contribution is -2.27. The summed E-state index contributed by atoms with van der Waals surface area (Å²) >= 11 is 0. The van der Waals surface area contributed by atoms with E-state index >= 15 is 0 Å². The molecule has 0 bridgehead atoms. The van der Waals surface area contributed by atoms with Gasteiger partial charge in [-0.15, -0.1) is 0 Å². The number of benzene rings is 2. The first-order chi connectivity index (χ1) is 17.6. The molecule has 0 amide bonds. The Balaban J connectivity index is 2.03. The highest BCUT2D eigenvalue weighted by Crippen LogP contribution is 2.23. The van der Waals surface area contributed by atoms with Crippen molar-refractivity contribution in [3.8, 4) is 11.5 Å². The van der Waals surface area contributed by atoms with E-state index in [0.717, 1.165) is 61.9 Å². The van der Waals surface area contributed by atoms with E-state index in [1.165, 1.54) is 0 Å². The molecule has 0 aliphatic carbocycles. The van der Waals surface area contributed by atoms with Crippen molar-refractivity contribution in [3.63, 3.8) is 0 Å². The average molecular weight is 487 g/mol. The molecule has 0 saturated heterocycles. The summed E-state index contributed by atoms with van der Waals surface area (Å²) in [6, 6.07) is 15.2. The largest absolute Gasteiger partial charge is 0.492 e. The van der Waals surface area contributed by atoms with Gasteiger partial charge in [0.15, 0.2) is 11.4 Å². The molecule has 0 atom stereocenters. The third kappa shape index (κ3) is 9.58. The first-order valence-electron chi connectivity index (χ1n) is 12.7. The van der Waals surface area contributed by atoms with Gasteiger partial charge in [0.1, 0.15) is 24.7 Å². The van der Waals surface area contributed by atoms with Gasteiger partial charge in [0.25, 0.3) is 0 Å². The fraction of sp³-hybridized carbons (Fsp3) is 0.400. The van der Waals surface area contributed by atoms with Gasteiger partial charge >= 0.3 is 0 Å². The summed E-state index contributed by atoms with van der Waals surface area (Å²) < 4.78 is 11.7. The first-order valence-corrected chi connectivity index (χ1v) is 12.7. The molecule has 190 valence electrons. The minimum absolute atomic E-state index is 0.305. The normalized spacial score (nSPS) is 11.9. The molecule has 0 saturated carbocycles. The first kappa shape index (κ1) is 28.7. The molecule has 0 aliphatic rings. The van der Waals surface area contributed by atoms with Crippen LogP contribution in [0.5, 0.6) is 11.5 Å². The van der Waals surface area contributed by atoms with Gasteiger partial charge in [-0.3, -0.25) is 9.69 Å². The van der Waals surface area contributed by atoms with E-state index in [2.05, 4.69) is 47.2 Å². The van der Waals surface area contributed by atoms with Gasteiger partial charge in [-0.2, -0.15) is 0 Å². The van der Waals surface area contributed by atoms with Crippen LogP contribution in [-0.4, -0.2) is 62.3 Å². The molecular weight excluding hydrogens is 448 g/mol. The maximum atomic E-state index is 7.61. The summed E-state index contributed by atoms with van der Waals surface area (Å²) in [6.07, 6.45) is 3.47. The Labute approximate surface area is 217 Å². The number of hydrogen-bond donors (Lipinski definition) is 0. The van der Waals surface area contributed by atoms with E-state index in [1.54, 1.807) is 12.2 Å². The van der Waals surface area contributed by atoms with Gasteiger partial charge in [0, 0.05) is 13.1 Å². The van der Waals surface area contributed by atoms with E-state index in [0.29, 0.717) is 24.6 Å². The predicted octanol–water partition coefficient (Wildman–Crippen LogP) is 6.35. The summed E-state index contributed by atoms with van der Waals surface area (Å²) in [5, 5.41) is 0. The third-order valence-corrected chi connectivity index (χ3v) is 6.01. The van der Waals surface area contributed by atoms with Crippen LogP contribution in [0.25, 0.3) is 21.8 Å². The highest BCUT2D eigenvalue weighted by Gasteiger charge is 2.07. The molecule has 0 unspecified atom stereocenters. The Kier molecular flexibility index (Phi) is 12.9. The van der Waals surface area contributed by atoms with Crippen LogP contribution in [0.1, 0.15) is 38.8 Å². The van der Waals surface area contributed by atoms with Gasteiger partial charge in [-0.1, -0.05) is 64.1 Å². The van der Waals surface area contributed by atoms with Crippen LogP contribution in [0.4, 0.5) is 0 Å². The van der Waals surface area contributed by atoms with Crippen molar-refractivity contribution in [2.45, 2.75) is 27.7 Å². The van der Waals surface area contributed by atoms with E-state index in [-0.39, 0.29) is 0 Å². The Hall–Kier alpha value is -3.58. The smallest absolute Gasteiger partial charge is 0.195 e. The molecule has 0 aromatic heterocycles. The van der Waals surface area contributed by atoms with Crippen LogP contribution in [0, 0.1) is 13.1 Å². The van der Waals surface area contributed by atoms with Gasteiger partial charge in [-0.25, -0.2) is 0 Å². The van der Waals surface area contributed by atoms with Crippen molar-refractivity contribution in [3.05, 3.63) is 93.9 Å². The minimum atomic E-state index is 0.305. The van der Waals surface area contributed by atoms with Crippen LogP contribution in [0.3, 0.4) is 0 Å². The summed E-state index contributed by atoms with van der Waals surface area (Å²) in [7, 11) is 0. The lowest BCUT2D eigenvalue weighted by Gasteiger charge is -2.18. The Morgan fingerprint density at radius 2 is 0.972 bits per heavy atom. The van der Waals surface area contributed by atoms with Crippen LogP contribution < -0.4 is 9.47 Å². The molecule has 0 aliphatic heterocycles. The Morgan fingerprint density at radius 3 is 1.25 bits per heavy atom. The second-order valence-corrected chi connectivity index (χ2v) is 8.17. The molecule has 6 heteroatoms. The van der Waals surface area contributed by atoms with Crippen LogP contribution in [0.2, 0.25) is 0 Å². The summed E-state index contributed by atoms with van der Waals surface area (Å²) in [4.78, 5) is 11.9. The van der Waals surface area contributed by atoms with E-state index in [9.17, 15) is 0 Å². The number of ether oxygens (including phenoxy) is 2. The van der Waals surface area contributed by atoms with Crippen molar-refractivity contribution in [2.75, 3.05) is 52.5 Å². The second-order valence-electron chi connectivity index (χ2n) is 8.17. The average Bonchev–Trinajstić information content (AvgIpc) is 2.92. The highest BCUT2D eigenvalue weighted by molar-refractivity contribution is 5.69. The molecular formula is C30H38N4O2. The zero-order valence-corrected chi connectivity index (χ0v) is 22.0. The van der Waals surface area contributed by atoms with Gasteiger partial charge in [0.2, 0.25) is 0 Å². The van der Waals surface area contributed by atoms with Crippen LogP contribution in [0.15, 0.2) is 59.9 Å². The van der Waals surface area contributed by atoms with Crippen molar-refractivity contribution in [1.82, 2.24) is 9.80 Å². The van der Waals surface area contributed by atoms with E-state index in [1.807, 2.05) is 48.5 Å². The quantitative estimate of drug-likeness (QED) is 0.217. The van der Waals surface area contributed by atoms with Gasteiger partial charge in [-0.05, 0) is 61.6 Å². The molecule has 2 aromatic rings. The Morgan fingerprint density at radius 1 is 0.639 bits per heavy atom. The number of hydrogen-bond acceptors (Lipinski definition) is 4. The molecule has 2 aromatic carbocycles. The second kappa shape index (κ2) is 16.2. The third-order valence-electron chi connectivity index (χ3n) is 6.01. The zero-order valence-electron chi connectivity index (χ0n) is 22.0. The van der Waals surface area contributed by atoms with Gasteiger partial charge < -0.3 is 19.3 Å². The lowest BCUT2D eigenvalue weighted by molar-refractivity contribution is 0.223. The zero-order chi connectivity index (χ0) is 26.2. The number of likely N-dealkylation sites (N-methyl/N-ethyl adjacent to an activating group) is 2.